The highest BCUT2D eigenvalue weighted by atomic mass is 16.4. The molecule has 0 saturated heterocycles. The molecule has 0 bridgehead atoms. The molecule has 3 aromatic rings. The Balaban J connectivity index is 1.79. The smallest absolute Gasteiger partial charge is 0.326 e. The molecule has 8 N–H and O–H groups in total. The number of nitrogens with two attached hydrogens (primary N) is 1. The van der Waals surface area contributed by atoms with Crippen LogP contribution in [0.25, 0.3) is 10.9 Å². The number of aromatic nitrogens is 1. The zero-order valence-electron chi connectivity index (χ0n) is 24.4. The number of nitrogens with one attached hydrogen (secondary N) is 4. The number of carbonyl (C=O) groups excluding carboxylic acids is 3. The van der Waals surface area contributed by atoms with Gasteiger partial charge >= 0.3 is 5.97 Å². The Labute approximate surface area is 245 Å². The Hall–Kier alpha value is -4.38. The Morgan fingerprint density at radius 1 is 0.810 bits per heavy atom. The molecule has 0 radical (unpaired) electrons. The lowest BCUT2D eigenvalue weighted by molar-refractivity contribution is -0.142. The largest absolute Gasteiger partial charge is 0.508 e. The van der Waals surface area contributed by atoms with Crippen LogP contribution in [0.1, 0.15) is 45.2 Å². The number of fused-ring (bicyclic) bond motifs is 1. The number of hydrogen-bond donors (Lipinski definition) is 7. The van der Waals surface area contributed by atoms with Crippen molar-refractivity contribution in [1.82, 2.24) is 20.9 Å². The number of rotatable bonds is 14. The standard InChI is InChI=1S/C31H41N5O6/c1-17(2)13-24(28(38)36-26(31(41)42)15-20-16-33-23-8-6-5-7-22(20)23)34-29(39)25(35-30(40)27(32)18(3)4)14-19-9-11-21(37)12-10-19/h5-12,16-18,24-27,33,37H,13-15,32H2,1-4H3,(H,34,39)(H,35,40)(H,36,38)(H,41,42). The van der Waals surface area contributed by atoms with E-state index in [2.05, 4.69) is 20.9 Å². The van der Waals surface area contributed by atoms with Crippen molar-refractivity contribution < 1.29 is 29.4 Å². The minimum Gasteiger partial charge on any atom is -0.508 e. The molecule has 0 fully saturated rings. The van der Waals surface area contributed by atoms with E-state index >= 15 is 0 Å². The average Bonchev–Trinajstić information content (AvgIpc) is 3.34. The first kappa shape index (κ1) is 32.1. The summed E-state index contributed by atoms with van der Waals surface area (Å²) in [7, 11) is 0. The first-order chi connectivity index (χ1) is 19.8. The van der Waals surface area contributed by atoms with Gasteiger partial charge in [0, 0.05) is 29.9 Å². The number of H-pyrrole nitrogens is 1. The van der Waals surface area contributed by atoms with Crippen LogP contribution in [-0.2, 0) is 32.0 Å². The summed E-state index contributed by atoms with van der Waals surface area (Å²) in [6, 6.07) is 9.46. The van der Waals surface area contributed by atoms with Crippen LogP contribution in [0.15, 0.2) is 54.7 Å². The van der Waals surface area contributed by atoms with E-state index in [-0.39, 0.29) is 36.8 Å². The predicted octanol–water partition coefficient (Wildman–Crippen LogP) is 2.23. The zero-order valence-corrected chi connectivity index (χ0v) is 24.4. The van der Waals surface area contributed by atoms with Crippen LogP contribution in [0.5, 0.6) is 5.75 Å². The van der Waals surface area contributed by atoms with Crippen molar-refractivity contribution in [1.29, 1.82) is 0 Å². The molecule has 3 rings (SSSR count). The number of para-hydroxylation sites is 1. The van der Waals surface area contributed by atoms with Crippen LogP contribution < -0.4 is 21.7 Å². The average molecular weight is 580 g/mol. The lowest BCUT2D eigenvalue weighted by atomic mass is 9.99. The summed E-state index contributed by atoms with van der Waals surface area (Å²) in [6.45, 7) is 7.34. The fraction of sp³-hybridized carbons (Fsp3) is 0.419. The molecule has 1 heterocycles. The maximum absolute atomic E-state index is 13.5. The Morgan fingerprint density at radius 2 is 1.40 bits per heavy atom. The van der Waals surface area contributed by atoms with Gasteiger partial charge in [-0.3, -0.25) is 14.4 Å². The van der Waals surface area contributed by atoms with E-state index in [1.165, 1.54) is 12.1 Å². The fourth-order valence-electron chi connectivity index (χ4n) is 4.62. The minimum atomic E-state index is -1.24. The van der Waals surface area contributed by atoms with Crippen LogP contribution >= 0.6 is 0 Å². The molecule has 0 spiro atoms. The SMILES string of the molecule is CC(C)CC(NC(=O)C(Cc1ccc(O)cc1)NC(=O)C(N)C(C)C)C(=O)NC(Cc1c[nH]c2ccccc12)C(=O)O. The number of benzene rings is 2. The maximum Gasteiger partial charge on any atom is 0.326 e. The van der Waals surface area contributed by atoms with Crippen LogP contribution in [0.3, 0.4) is 0 Å². The van der Waals surface area contributed by atoms with Gasteiger partial charge in [0.05, 0.1) is 6.04 Å². The molecule has 42 heavy (non-hydrogen) atoms. The molecule has 1 aromatic heterocycles. The molecule has 4 atom stereocenters. The first-order valence-corrected chi connectivity index (χ1v) is 14.1. The molecule has 11 heteroatoms. The zero-order chi connectivity index (χ0) is 31.0. The molecule has 4 unspecified atom stereocenters. The van der Waals surface area contributed by atoms with Gasteiger partial charge in [0.2, 0.25) is 17.7 Å². The van der Waals surface area contributed by atoms with Crippen molar-refractivity contribution in [3.05, 3.63) is 65.9 Å². The van der Waals surface area contributed by atoms with Gasteiger partial charge in [-0.25, -0.2) is 4.79 Å². The molecule has 3 amide bonds. The Kier molecular flexibility index (Phi) is 11.1. The van der Waals surface area contributed by atoms with Gasteiger partial charge in [0.25, 0.3) is 0 Å². The second-order valence-corrected chi connectivity index (χ2v) is 11.4. The van der Waals surface area contributed by atoms with Crippen LogP contribution in [0.4, 0.5) is 0 Å². The highest BCUT2D eigenvalue weighted by Crippen LogP contribution is 2.19. The third-order valence-electron chi connectivity index (χ3n) is 7.08. The van der Waals surface area contributed by atoms with Crippen molar-refractivity contribution in [2.24, 2.45) is 17.6 Å². The summed E-state index contributed by atoms with van der Waals surface area (Å²) in [5.74, 6) is -3.11. The van der Waals surface area contributed by atoms with Gasteiger partial charge in [-0.15, -0.1) is 0 Å². The number of hydrogen-bond acceptors (Lipinski definition) is 6. The Bertz CT molecular complexity index is 1380. The summed E-state index contributed by atoms with van der Waals surface area (Å²) < 4.78 is 0. The highest BCUT2D eigenvalue weighted by Gasteiger charge is 2.31. The van der Waals surface area contributed by atoms with Crippen molar-refractivity contribution >= 4 is 34.6 Å². The van der Waals surface area contributed by atoms with E-state index in [4.69, 9.17) is 5.73 Å². The van der Waals surface area contributed by atoms with E-state index < -0.39 is 47.9 Å². The molecule has 2 aromatic carbocycles. The molecule has 11 nitrogen and oxygen atoms in total. The van der Waals surface area contributed by atoms with Crippen LogP contribution in [0, 0.1) is 11.8 Å². The molecular formula is C31H41N5O6. The minimum absolute atomic E-state index is 0.0163. The number of aromatic hydroxyl groups is 1. The quantitative estimate of drug-likeness (QED) is 0.152. The monoisotopic (exact) mass is 579 g/mol. The van der Waals surface area contributed by atoms with Gasteiger partial charge in [0.15, 0.2) is 0 Å². The number of carboxylic acid groups (broad SMARTS) is 1. The van der Waals surface area contributed by atoms with Gasteiger partial charge in [-0.05, 0) is 47.6 Å². The second-order valence-electron chi connectivity index (χ2n) is 11.4. The third kappa shape index (κ3) is 8.81. The van der Waals surface area contributed by atoms with Crippen molar-refractivity contribution in [2.75, 3.05) is 0 Å². The first-order valence-electron chi connectivity index (χ1n) is 14.1. The van der Waals surface area contributed by atoms with Crippen LogP contribution in [0.2, 0.25) is 0 Å². The fourth-order valence-corrected chi connectivity index (χ4v) is 4.62. The van der Waals surface area contributed by atoms with Crippen molar-refractivity contribution in [3.8, 4) is 5.75 Å². The number of phenolic OH excluding ortho intramolecular Hbond substituents is 1. The predicted molar refractivity (Wildman–Crippen MR) is 160 cm³/mol. The van der Waals surface area contributed by atoms with Crippen molar-refractivity contribution in [2.45, 2.75) is 71.1 Å². The normalized spacial score (nSPS) is 14.3. The molecule has 0 aliphatic rings. The molecule has 0 aliphatic carbocycles. The third-order valence-corrected chi connectivity index (χ3v) is 7.08. The maximum atomic E-state index is 13.5. The number of aliphatic carboxylic acids is 1. The molecule has 0 aliphatic heterocycles. The summed E-state index contributed by atoms with van der Waals surface area (Å²) in [5, 5.41) is 28.4. The molecule has 226 valence electrons. The number of phenols is 1. The lowest BCUT2D eigenvalue weighted by Gasteiger charge is -2.26. The number of carbonyl (C=O) groups is 4. The molecular weight excluding hydrogens is 538 g/mol. The lowest BCUT2D eigenvalue weighted by Crippen LogP contribution is -2.58. The highest BCUT2D eigenvalue weighted by molar-refractivity contribution is 5.94. The van der Waals surface area contributed by atoms with E-state index in [1.54, 1.807) is 32.2 Å². The van der Waals surface area contributed by atoms with Crippen LogP contribution in [-0.4, -0.2) is 63.1 Å². The van der Waals surface area contributed by atoms with Crippen molar-refractivity contribution in [3.63, 3.8) is 0 Å². The van der Waals surface area contributed by atoms with E-state index in [0.717, 1.165) is 16.5 Å². The topological polar surface area (TPSA) is 187 Å². The summed E-state index contributed by atoms with van der Waals surface area (Å²) in [4.78, 5) is 55.0. The Morgan fingerprint density at radius 3 is 2.02 bits per heavy atom. The van der Waals surface area contributed by atoms with E-state index in [1.807, 2.05) is 38.1 Å². The molecule has 0 saturated carbocycles. The number of carboxylic acids is 1. The van der Waals surface area contributed by atoms with Gasteiger partial charge in [-0.2, -0.15) is 0 Å². The van der Waals surface area contributed by atoms with Gasteiger partial charge < -0.3 is 36.9 Å². The van der Waals surface area contributed by atoms with E-state index in [0.29, 0.717) is 5.56 Å². The number of amides is 3. The van der Waals surface area contributed by atoms with E-state index in [9.17, 15) is 29.4 Å². The summed E-state index contributed by atoms with van der Waals surface area (Å²) >= 11 is 0. The summed E-state index contributed by atoms with van der Waals surface area (Å²) in [5.41, 5.74) is 8.27. The summed E-state index contributed by atoms with van der Waals surface area (Å²) in [6.07, 6.45) is 2.08. The van der Waals surface area contributed by atoms with Gasteiger partial charge in [0.1, 0.15) is 23.9 Å². The second kappa shape index (κ2) is 14.5. The number of aromatic amines is 1. The van der Waals surface area contributed by atoms with Gasteiger partial charge in [-0.1, -0.05) is 58.0 Å².